The van der Waals surface area contributed by atoms with Crippen LogP contribution in [-0.2, 0) is 9.53 Å². The van der Waals surface area contributed by atoms with E-state index in [4.69, 9.17) is 14.2 Å². The Hall–Kier alpha value is -2.61. The van der Waals surface area contributed by atoms with Gasteiger partial charge >= 0.3 is 5.97 Å². The van der Waals surface area contributed by atoms with E-state index in [0.29, 0.717) is 16.6 Å². The highest BCUT2D eigenvalue weighted by molar-refractivity contribution is 7.14. The molecule has 0 bridgehead atoms. The predicted octanol–water partition coefficient (Wildman–Crippen LogP) is 2.35. The molecular formula is C15H16N2O5S. The molecule has 0 aliphatic heterocycles. The zero-order chi connectivity index (χ0) is 16.7. The van der Waals surface area contributed by atoms with Gasteiger partial charge in [-0.15, -0.1) is 11.3 Å². The molecule has 1 aromatic heterocycles. The van der Waals surface area contributed by atoms with Gasteiger partial charge in [-0.05, 0) is 19.1 Å². The summed E-state index contributed by atoms with van der Waals surface area (Å²) >= 11 is 1.14. The Morgan fingerprint density at radius 1 is 1.30 bits per heavy atom. The second-order valence-electron chi connectivity index (χ2n) is 4.27. The molecule has 8 heteroatoms. The number of hydrogen-bond donors (Lipinski definition) is 1. The van der Waals surface area contributed by atoms with Gasteiger partial charge in [0.2, 0.25) is 0 Å². The van der Waals surface area contributed by atoms with E-state index < -0.39 is 5.97 Å². The van der Waals surface area contributed by atoms with Gasteiger partial charge in [0, 0.05) is 11.4 Å². The van der Waals surface area contributed by atoms with Crippen LogP contribution in [0.1, 0.15) is 17.4 Å². The van der Waals surface area contributed by atoms with Gasteiger partial charge in [0.1, 0.15) is 11.5 Å². The van der Waals surface area contributed by atoms with Gasteiger partial charge in [0.15, 0.2) is 17.4 Å². The first-order valence-electron chi connectivity index (χ1n) is 6.81. The van der Waals surface area contributed by atoms with Crippen LogP contribution < -0.4 is 14.8 Å². The number of ether oxygens (including phenoxy) is 3. The van der Waals surface area contributed by atoms with E-state index in [1.807, 2.05) is 0 Å². The van der Waals surface area contributed by atoms with E-state index >= 15 is 0 Å². The Morgan fingerprint density at radius 3 is 2.83 bits per heavy atom. The molecule has 0 aliphatic rings. The van der Waals surface area contributed by atoms with Gasteiger partial charge in [0.05, 0.1) is 13.7 Å². The zero-order valence-corrected chi connectivity index (χ0v) is 13.5. The zero-order valence-electron chi connectivity index (χ0n) is 12.7. The standard InChI is InChI=1S/C15H16N2O5S/c1-3-21-14(19)12-9-23-15(16-12)17-13(18)8-22-11-6-4-5-10(7-11)20-2/h4-7,9H,3,8H2,1-2H3,(H,16,17,18). The number of nitrogens with zero attached hydrogens (tertiary/aromatic N) is 1. The minimum Gasteiger partial charge on any atom is -0.497 e. The smallest absolute Gasteiger partial charge is 0.357 e. The number of anilines is 1. The molecule has 0 radical (unpaired) electrons. The van der Waals surface area contributed by atoms with Crippen LogP contribution in [0.15, 0.2) is 29.6 Å². The number of carbonyl (C=O) groups excluding carboxylic acids is 2. The molecule has 7 nitrogen and oxygen atoms in total. The van der Waals surface area contributed by atoms with Gasteiger partial charge in [-0.3, -0.25) is 10.1 Å². The number of rotatable bonds is 7. The summed E-state index contributed by atoms with van der Waals surface area (Å²) in [4.78, 5) is 27.3. The van der Waals surface area contributed by atoms with Crippen LogP contribution in [0.25, 0.3) is 0 Å². The van der Waals surface area contributed by atoms with Crippen LogP contribution in [0, 0.1) is 0 Å². The van der Waals surface area contributed by atoms with Crippen LogP contribution in [0.5, 0.6) is 11.5 Å². The number of esters is 1. The third-order valence-corrected chi connectivity index (χ3v) is 3.40. The molecule has 1 amide bonds. The summed E-state index contributed by atoms with van der Waals surface area (Å²) in [7, 11) is 1.55. The van der Waals surface area contributed by atoms with Crippen molar-refractivity contribution in [3.05, 3.63) is 35.3 Å². The Labute approximate surface area is 137 Å². The summed E-state index contributed by atoms with van der Waals surface area (Å²) < 4.78 is 15.3. The molecular weight excluding hydrogens is 320 g/mol. The molecule has 0 aliphatic carbocycles. The van der Waals surface area contributed by atoms with E-state index in [-0.39, 0.29) is 24.8 Å². The molecule has 0 atom stereocenters. The van der Waals surface area contributed by atoms with Crippen LogP contribution in [0.3, 0.4) is 0 Å². The fourth-order valence-corrected chi connectivity index (χ4v) is 2.32. The largest absolute Gasteiger partial charge is 0.497 e. The molecule has 1 heterocycles. The highest BCUT2D eigenvalue weighted by Crippen LogP contribution is 2.19. The number of methoxy groups -OCH3 is 1. The van der Waals surface area contributed by atoms with Crippen molar-refractivity contribution in [1.82, 2.24) is 4.98 Å². The second-order valence-corrected chi connectivity index (χ2v) is 5.13. The van der Waals surface area contributed by atoms with E-state index in [1.54, 1.807) is 38.3 Å². The number of thiazole rings is 1. The maximum Gasteiger partial charge on any atom is 0.357 e. The number of hydrogen-bond acceptors (Lipinski definition) is 7. The van der Waals surface area contributed by atoms with Crippen LogP contribution >= 0.6 is 11.3 Å². The molecule has 0 spiro atoms. The van der Waals surface area contributed by atoms with Crippen molar-refractivity contribution in [2.75, 3.05) is 25.6 Å². The van der Waals surface area contributed by atoms with Crippen molar-refractivity contribution in [2.45, 2.75) is 6.92 Å². The lowest BCUT2D eigenvalue weighted by Gasteiger charge is -2.07. The summed E-state index contributed by atoms with van der Waals surface area (Å²) in [6, 6.07) is 6.94. The summed E-state index contributed by atoms with van der Waals surface area (Å²) in [5.41, 5.74) is 0.167. The molecule has 0 saturated heterocycles. The van der Waals surface area contributed by atoms with Gasteiger partial charge in [-0.25, -0.2) is 9.78 Å². The summed E-state index contributed by atoms with van der Waals surface area (Å²) in [6.45, 7) is 1.80. The monoisotopic (exact) mass is 336 g/mol. The molecule has 0 fully saturated rings. The summed E-state index contributed by atoms with van der Waals surface area (Å²) in [5, 5.41) is 4.40. The first-order chi connectivity index (χ1) is 11.1. The van der Waals surface area contributed by atoms with Crippen LogP contribution in [-0.4, -0.2) is 37.2 Å². The van der Waals surface area contributed by atoms with Crippen molar-refractivity contribution in [3.8, 4) is 11.5 Å². The first-order valence-corrected chi connectivity index (χ1v) is 7.69. The third kappa shape index (κ3) is 4.96. The van der Waals surface area contributed by atoms with Gasteiger partial charge in [-0.1, -0.05) is 6.07 Å². The number of aromatic nitrogens is 1. The fourth-order valence-electron chi connectivity index (χ4n) is 1.63. The number of nitrogens with one attached hydrogen (secondary N) is 1. The normalized spacial score (nSPS) is 10.0. The molecule has 1 N–H and O–H groups in total. The van der Waals surface area contributed by atoms with E-state index in [9.17, 15) is 9.59 Å². The number of benzene rings is 1. The SMILES string of the molecule is CCOC(=O)c1csc(NC(=O)COc2cccc(OC)c2)n1. The maximum atomic E-state index is 11.8. The molecule has 1 aromatic carbocycles. The molecule has 0 saturated carbocycles. The van der Waals surface area contributed by atoms with E-state index in [2.05, 4.69) is 10.3 Å². The first kappa shape index (κ1) is 16.8. The van der Waals surface area contributed by atoms with Crippen molar-refractivity contribution in [3.63, 3.8) is 0 Å². The minimum atomic E-state index is -0.517. The lowest BCUT2D eigenvalue weighted by molar-refractivity contribution is -0.118. The lowest BCUT2D eigenvalue weighted by Crippen LogP contribution is -2.20. The highest BCUT2D eigenvalue weighted by Gasteiger charge is 2.13. The van der Waals surface area contributed by atoms with Gasteiger partial charge < -0.3 is 14.2 Å². The summed E-state index contributed by atoms with van der Waals surface area (Å²) in [6.07, 6.45) is 0. The van der Waals surface area contributed by atoms with Crippen molar-refractivity contribution in [2.24, 2.45) is 0 Å². The fraction of sp³-hybridized carbons (Fsp3) is 0.267. The van der Waals surface area contributed by atoms with Crippen molar-refractivity contribution >= 4 is 28.3 Å². The molecule has 0 unspecified atom stereocenters. The minimum absolute atomic E-state index is 0.167. The Kier molecular flexibility index (Phi) is 5.93. The second kappa shape index (κ2) is 8.14. The van der Waals surface area contributed by atoms with E-state index in [0.717, 1.165) is 11.3 Å². The Bertz CT molecular complexity index is 686. The average Bonchev–Trinajstić information content (AvgIpc) is 3.02. The van der Waals surface area contributed by atoms with Crippen molar-refractivity contribution in [1.29, 1.82) is 0 Å². The number of carbonyl (C=O) groups is 2. The third-order valence-electron chi connectivity index (χ3n) is 2.65. The summed E-state index contributed by atoms with van der Waals surface area (Å²) in [5.74, 6) is 0.266. The highest BCUT2D eigenvalue weighted by atomic mass is 32.1. The van der Waals surface area contributed by atoms with Gasteiger partial charge in [-0.2, -0.15) is 0 Å². The quantitative estimate of drug-likeness (QED) is 0.781. The van der Waals surface area contributed by atoms with E-state index in [1.165, 1.54) is 5.38 Å². The number of amides is 1. The Morgan fingerprint density at radius 2 is 2.09 bits per heavy atom. The molecule has 23 heavy (non-hydrogen) atoms. The topological polar surface area (TPSA) is 86.8 Å². The predicted molar refractivity (Wildman–Crippen MR) is 85.2 cm³/mol. The molecule has 2 aromatic rings. The molecule has 2 rings (SSSR count). The Balaban J connectivity index is 1.86. The lowest BCUT2D eigenvalue weighted by atomic mass is 10.3. The van der Waals surface area contributed by atoms with Gasteiger partial charge in [0.25, 0.3) is 5.91 Å². The van der Waals surface area contributed by atoms with Crippen molar-refractivity contribution < 1.29 is 23.8 Å². The van der Waals surface area contributed by atoms with Crippen LogP contribution in [0.2, 0.25) is 0 Å². The molecule has 122 valence electrons. The average molecular weight is 336 g/mol. The van der Waals surface area contributed by atoms with Crippen LogP contribution in [0.4, 0.5) is 5.13 Å². The maximum absolute atomic E-state index is 11.8.